The van der Waals surface area contributed by atoms with Gasteiger partial charge in [0.1, 0.15) is 5.75 Å². The van der Waals surface area contributed by atoms with Crippen molar-refractivity contribution in [2.75, 3.05) is 11.9 Å². The lowest BCUT2D eigenvalue weighted by molar-refractivity contribution is 0.0697. The number of carboxylic acid groups (broad SMARTS) is 1. The molecule has 0 spiro atoms. The standard InChI is InChI=1S/C17H15N3O4/c21-16(22)12-5-4-6-13(11-12)18-17-20-19-15(24-17)9-10-23-14-7-2-1-3-8-14/h1-8,11H,9-10H2,(H,18,20)(H,21,22). The van der Waals surface area contributed by atoms with E-state index >= 15 is 0 Å². The maximum atomic E-state index is 11.0. The zero-order valence-electron chi connectivity index (χ0n) is 12.7. The highest BCUT2D eigenvalue weighted by Gasteiger charge is 2.08. The zero-order chi connectivity index (χ0) is 16.8. The highest BCUT2D eigenvalue weighted by atomic mass is 16.5. The van der Waals surface area contributed by atoms with E-state index in [0.29, 0.717) is 24.6 Å². The summed E-state index contributed by atoms with van der Waals surface area (Å²) in [4.78, 5) is 11.0. The lowest BCUT2D eigenvalue weighted by atomic mass is 10.2. The van der Waals surface area contributed by atoms with E-state index in [9.17, 15) is 4.79 Å². The van der Waals surface area contributed by atoms with Crippen LogP contribution in [0.2, 0.25) is 0 Å². The normalized spacial score (nSPS) is 10.3. The minimum absolute atomic E-state index is 0.177. The Morgan fingerprint density at radius 3 is 2.75 bits per heavy atom. The number of nitrogens with zero attached hydrogens (tertiary/aromatic N) is 2. The van der Waals surface area contributed by atoms with Gasteiger partial charge in [0.05, 0.1) is 18.6 Å². The van der Waals surface area contributed by atoms with E-state index in [1.165, 1.54) is 12.1 Å². The van der Waals surface area contributed by atoms with Crippen LogP contribution in [0, 0.1) is 0 Å². The summed E-state index contributed by atoms with van der Waals surface area (Å²) in [6, 6.07) is 16.0. The molecule has 3 rings (SSSR count). The molecule has 7 nitrogen and oxygen atoms in total. The lowest BCUT2D eigenvalue weighted by Crippen LogP contribution is -2.01. The number of benzene rings is 2. The first kappa shape index (κ1) is 15.5. The van der Waals surface area contributed by atoms with Gasteiger partial charge >= 0.3 is 12.0 Å². The summed E-state index contributed by atoms with van der Waals surface area (Å²) in [7, 11) is 0. The monoisotopic (exact) mass is 325 g/mol. The summed E-state index contributed by atoms with van der Waals surface area (Å²) in [6.45, 7) is 0.417. The van der Waals surface area contributed by atoms with Crippen molar-refractivity contribution >= 4 is 17.7 Å². The number of ether oxygens (including phenoxy) is 1. The number of para-hydroxylation sites is 1. The molecule has 2 aromatic carbocycles. The maximum Gasteiger partial charge on any atom is 0.335 e. The summed E-state index contributed by atoms with van der Waals surface area (Å²) in [5.74, 6) is 0.214. The molecule has 0 saturated carbocycles. The second kappa shape index (κ2) is 7.28. The van der Waals surface area contributed by atoms with Crippen LogP contribution < -0.4 is 10.1 Å². The fraction of sp³-hybridized carbons (Fsp3) is 0.118. The molecule has 0 radical (unpaired) electrons. The van der Waals surface area contributed by atoms with Crippen molar-refractivity contribution in [3.63, 3.8) is 0 Å². The Morgan fingerprint density at radius 1 is 1.12 bits per heavy atom. The SMILES string of the molecule is O=C(O)c1cccc(Nc2nnc(CCOc3ccccc3)o2)c1. The highest BCUT2D eigenvalue weighted by molar-refractivity contribution is 5.88. The quantitative estimate of drug-likeness (QED) is 0.688. The molecule has 0 aliphatic heterocycles. The minimum Gasteiger partial charge on any atom is -0.493 e. The second-order valence-electron chi connectivity index (χ2n) is 4.92. The van der Waals surface area contributed by atoms with Crippen molar-refractivity contribution in [3.8, 4) is 5.75 Å². The van der Waals surface area contributed by atoms with Crippen molar-refractivity contribution in [3.05, 3.63) is 66.1 Å². The summed E-state index contributed by atoms with van der Waals surface area (Å²) in [5, 5.41) is 19.7. The van der Waals surface area contributed by atoms with Gasteiger partial charge in [0.25, 0.3) is 0 Å². The molecule has 0 amide bonds. The highest BCUT2D eigenvalue weighted by Crippen LogP contribution is 2.17. The molecule has 122 valence electrons. The molecule has 0 atom stereocenters. The van der Waals surface area contributed by atoms with Crippen molar-refractivity contribution in [2.24, 2.45) is 0 Å². The van der Waals surface area contributed by atoms with E-state index in [1.54, 1.807) is 12.1 Å². The molecule has 3 aromatic rings. The number of anilines is 2. The van der Waals surface area contributed by atoms with Crippen molar-refractivity contribution in [2.45, 2.75) is 6.42 Å². The predicted molar refractivity (Wildman–Crippen MR) is 86.6 cm³/mol. The Hall–Kier alpha value is -3.35. The molecule has 7 heteroatoms. The van der Waals surface area contributed by atoms with Crippen LogP contribution in [0.5, 0.6) is 5.75 Å². The molecule has 0 saturated heterocycles. The van der Waals surface area contributed by atoms with Crippen LogP contribution in [0.1, 0.15) is 16.2 Å². The van der Waals surface area contributed by atoms with Gasteiger partial charge in [0.2, 0.25) is 5.89 Å². The first-order valence-corrected chi connectivity index (χ1v) is 7.31. The van der Waals surface area contributed by atoms with E-state index in [0.717, 1.165) is 5.75 Å². The van der Waals surface area contributed by atoms with Crippen molar-refractivity contribution in [1.82, 2.24) is 10.2 Å². The van der Waals surface area contributed by atoms with E-state index in [2.05, 4.69) is 15.5 Å². The number of carboxylic acids is 1. The van der Waals surface area contributed by atoms with Gasteiger partial charge in [-0.2, -0.15) is 0 Å². The van der Waals surface area contributed by atoms with Gasteiger partial charge in [0.15, 0.2) is 0 Å². The molecular weight excluding hydrogens is 310 g/mol. The van der Waals surface area contributed by atoms with Crippen LogP contribution >= 0.6 is 0 Å². The maximum absolute atomic E-state index is 11.0. The first-order chi connectivity index (χ1) is 11.7. The van der Waals surface area contributed by atoms with Gasteiger partial charge < -0.3 is 19.6 Å². The topological polar surface area (TPSA) is 97.5 Å². The number of hydrogen-bond acceptors (Lipinski definition) is 6. The Balaban J connectivity index is 1.55. The van der Waals surface area contributed by atoms with Crippen molar-refractivity contribution in [1.29, 1.82) is 0 Å². The fourth-order valence-electron chi connectivity index (χ4n) is 2.03. The minimum atomic E-state index is -0.997. The molecule has 24 heavy (non-hydrogen) atoms. The molecule has 0 aliphatic rings. The van der Waals surface area contributed by atoms with Crippen LogP contribution in [-0.4, -0.2) is 27.9 Å². The number of nitrogens with one attached hydrogen (secondary N) is 1. The molecule has 0 aliphatic carbocycles. The average Bonchev–Trinajstić information content (AvgIpc) is 3.03. The number of aromatic nitrogens is 2. The number of carbonyl (C=O) groups is 1. The first-order valence-electron chi connectivity index (χ1n) is 7.31. The second-order valence-corrected chi connectivity index (χ2v) is 4.92. The summed E-state index contributed by atoms with van der Waals surface area (Å²) < 4.78 is 11.0. The van der Waals surface area contributed by atoms with Gasteiger partial charge in [-0.25, -0.2) is 4.79 Å². The average molecular weight is 325 g/mol. The smallest absolute Gasteiger partial charge is 0.335 e. The summed E-state index contributed by atoms with van der Waals surface area (Å²) in [5.41, 5.74) is 0.738. The van der Waals surface area contributed by atoms with Crippen LogP contribution in [0.4, 0.5) is 11.7 Å². The van der Waals surface area contributed by atoms with Gasteiger partial charge in [0, 0.05) is 5.69 Å². The molecule has 1 aromatic heterocycles. The van der Waals surface area contributed by atoms with Crippen LogP contribution in [0.15, 0.2) is 59.0 Å². The van der Waals surface area contributed by atoms with Gasteiger partial charge in [-0.3, -0.25) is 0 Å². The van der Waals surface area contributed by atoms with Crippen LogP contribution in [-0.2, 0) is 6.42 Å². The van der Waals surface area contributed by atoms with E-state index in [-0.39, 0.29) is 11.6 Å². The third kappa shape index (κ3) is 4.10. The third-order valence-electron chi connectivity index (χ3n) is 3.16. The Bertz CT molecular complexity index is 817. The van der Waals surface area contributed by atoms with Crippen LogP contribution in [0.3, 0.4) is 0 Å². The lowest BCUT2D eigenvalue weighted by Gasteiger charge is -2.03. The number of rotatable bonds is 7. The van der Waals surface area contributed by atoms with Gasteiger partial charge in [-0.1, -0.05) is 29.4 Å². The molecule has 0 unspecified atom stereocenters. The summed E-state index contributed by atoms with van der Waals surface area (Å²) >= 11 is 0. The van der Waals surface area contributed by atoms with Crippen LogP contribution in [0.25, 0.3) is 0 Å². The van der Waals surface area contributed by atoms with Crippen molar-refractivity contribution < 1.29 is 19.1 Å². The number of hydrogen-bond donors (Lipinski definition) is 2. The summed E-state index contributed by atoms with van der Waals surface area (Å²) in [6.07, 6.45) is 0.471. The predicted octanol–water partition coefficient (Wildman–Crippen LogP) is 3.13. The Labute approximate surface area is 137 Å². The Morgan fingerprint density at radius 2 is 1.96 bits per heavy atom. The zero-order valence-corrected chi connectivity index (χ0v) is 12.7. The molecular formula is C17H15N3O4. The van der Waals surface area contributed by atoms with Gasteiger partial charge in [-0.15, -0.1) is 5.10 Å². The van der Waals surface area contributed by atoms with E-state index < -0.39 is 5.97 Å². The van der Waals surface area contributed by atoms with Gasteiger partial charge in [-0.05, 0) is 30.3 Å². The van der Waals surface area contributed by atoms with E-state index in [4.69, 9.17) is 14.3 Å². The number of aromatic carboxylic acids is 1. The Kier molecular flexibility index (Phi) is 4.71. The third-order valence-corrected chi connectivity index (χ3v) is 3.16. The largest absolute Gasteiger partial charge is 0.493 e. The fourth-order valence-corrected chi connectivity index (χ4v) is 2.03. The van der Waals surface area contributed by atoms with E-state index in [1.807, 2.05) is 30.3 Å². The molecule has 0 bridgehead atoms. The molecule has 1 heterocycles. The molecule has 2 N–H and O–H groups in total. The molecule has 0 fully saturated rings.